The van der Waals surface area contributed by atoms with Gasteiger partial charge in [0.25, 0.3) is 31.7 Å². The zero-order valence-corrected chi connectivity index (χ0v) is 51.6. The van der Waals surface area contributed by atoms with Crippen LogP contribution in [-0.4, -0.2) is 162 Å². The molecule has 4 aromatic rings. The van der Waals surface area contributed by atoms with Gasteiger partial charge in [-0.3, -0.25) is 29.4 Å². The molecule has 4 aromatic carbocycles. The number of sulfone groups is 1. The Bertz CT molecular complexity index is 3430. The van der Waals surface area contributed by atoms with Crippen LogP contribution in [0.4, 0.5) is 33.3 Å². The molecular weight excluding hydrogens is 1190 g/mol. The fraction of sp³-hybridized carbons (Fsp3) is 0.492. The third-order valence-corrected chi connectivity index (χ3v) is 21.3. The smallest absolute Gasteiger partial charge is 0.380 e. The molecule has 3 saturated heterocycles. The number of fused-ring (bicyclic) bond motifs is 1. The number of piperazine rings is 2. The lowest BCUT2D eigenvalue weighted by atomic mass is 9.72. The Hall–Kier alpha value is -6.18. The van der Waals surface area contributed by atoms with Crippen LogP contribution in [0.3, 0.4) is 0 Å². The first-order chi connectivity index (χ1) is 41.3. The van der Waals surface area contributed by atoms with Gasteiger partial charge in [0.1, 0.15) is 10.9 Å². The summed E-state index contributed by atoms with van der Waals surface area (Å²) in [6, 6.07) is 22.5. The lowest BCUT2D eigenvalue weighted by Gasteiger charge is -2.39. The lowest BCUT2D eigenvalue weighted by Crippen LogP contribution is -2.52. The molecule has 4 aliphatic heterocycles. The third-order valence-electron chi connectivity index (χ3n) is 17.2. The average molecular weight is 1270 g/mol. The number of halogens is 5. The number of amides is 4. The summed E-state index contributed by atoms with van der Waals surface area (Å²) in [6.45, 7) is 16.7. The summed E-state index contributed by atoms with van der Waals surface area (Å²) in [5.74, 6) is -1.73. The van der Waals surface area contributed by atoms with Crippen LogP contribution < -0.4 is 20.3 Å². The molecule has 9 rings (SSSR count). The predicted octanol–water partition coefficient (Wildman–Crippen LogP) is 9.69. The third kappa shape index (κ3) is 16.8. The number of thioether (sulfide) groups is 1. The number of rotatable bonds is 25. The number of sulfonamides is 1. The zero-order chi connectivity index (χ0) is 62.3. The van der Waals surface area contributed by atoms with Crippen molar-refractivity contribution in [3.8, 4) is 0 Å². The van der Waals surface area contributed by atoms with Crippen LogP contribution in [0.15, 0.2) is 129 Å². The van der Waals surface area contributed by atoms with E-state index >= 15 is 0 Å². The van der Waals surface area contributed by atoms with E-state index in [9.17, 15) is 58.0 Å². The van der Waals surface area contributed by atoms with Crippen molar-refractivity contribution in [3.63, 3.8) is 0 Å². The van der Waals surface area contributed by atoms with E-state index in [0.717, 1.165) is 116 Å². The summed E-state index contributed by atoms with van der Waals surface area (Å²) >= 11 is 1.43. The first-order valence-corrected chi connectivity index (χ1v) is 33.7. The van der Waals surface area contributed by atoms with Crippen molar-refractivity contribution in [2.45, 2.75) is 130 Å². The number of imide groups is 1. The summed E-state index contributed by atoms with van der Waals surface area (Å²) < 4.78 is 126. The highest BCUT2D eigenvalue weighted by Crippen LogP contribution is 2.43. The van der Waals surface area contributed by atoms with Crippen LogP contribution in [0, 0.1) is 5.41 Å². The second-order valence-corrected chi connectivity index (χ2v) is 28.8. The Balaban J connectivity index is 0.783. The van der Waals surface area contributed by atoms with Crippen molar-refractivity contribution in [1.29, 1.82) is 0 Å². The molecule has 16 nitrogen and oxygen atoms in total. The van der Waals surface area contributed by atoms with Crippen molar-refractivity contribution in [2.24, 2.45) is 5.41 Å². The maximum Gasteiger partial charge on any atom is 0.501 e. The summed E-state index contributed by atoms with van der Waals surface area (Å²) in [5.41, 5.74) is 0.233. The molecule has 1 unspecified atom stereocenters. The lowest BCUT2D eigenvalue weighted by molar-refractivity contribution is -0.136. The second-order valence-electron chi connectivity index (χ2n) is 24.1. The number of anilines is 2. The SMILES string of the molecule is C=C(CCC(F)F)C1=C(CN2CCN(c3ccc(C(=O)NS(=O)(=O)c4ccc(N[C@H](CCN5CCN(CCCCc6ccc7c(c6)CN(C6CCC(=O)NC6=O)C7=O)CC5)CSc5ccccc5)c(S(=O)(=O)C(F)(F)F)c4)cc3)CC2)CCC(C)(C)C1. The van der Waals surface area contributed by atoms with Gasteiger partial charge in [-0.15, -0.1) is 11.8 Å². The van der Waals surface area contributed by atoms with Gasteiger partial charge in [0, 0.05) is 118 Å². The molecule has 0 saturated carbocycles. The largest absolute Gasteiger partial charge is 0.501 e. The van der Waals surface area contributed by atoms with E-state index in [-0.39, 0.29) is 42.1 Å². The number of piperidine rings is 1. The van der Waals surface area contributed by atoms with Crippen molar-refractivity contribution >= 4 is 66.6 Å². The maximum absolute atomic E-state index is 14.5. The van der Waals surface area contributed by atoms with Crippen LogP contribution >= 0.6 is 11.8 Å². The van der Waals surface area contributed by atoms with Crippen molar-refractivity contribution in [3.05, 3.63) is 137 Å². The number of aryl methyl sites for hydroxylation is 1. The van der Waals surface area contributed by atoms with Crippen LogP contribution in [0.1, 0.15) is 110 Å². The molecule has 0 radical (unpaired) electrons. The van der Waals surface area contributed by atoms with E-state index in [2.05, 4.69) is 50.7 Å². The van der Waals surface area contributed by atoms with Gasteiger partial charge in [-0.2, -0.15) is 13.2 Å². The number of nitrogens with one attached hydrogen (secondary N) is 3. The summed E-state index contributed by atoms with van der Waals surface area (Å²) in [5, 5.41) is 5.38. The molecule has 24 heteroatoms. The highest BCUT2D eigenvalue weighted by molar-refractivity contribution is 7.99. The number of benzene rings is 4. The summed E-state index contributed by atoms with van der Waals surface area (Å²) in [6.07, 6.45) is 3.87. The predicted molar refractivity (Wildman–Crippen MR) is 326 cm³/mol. The highest BCUT2D eigenvalue weighted by atomic mass is 32.2. The van der Waals surface area contributed by atoms with Gasteiger partial charge >= 0.3 is 5.51 Å². The monoisotopic (exact) mass is 1260 g/mol. The van der Waals surface area contributed by atoms with Gasteiger partial charge in [0.05, 0.1) is 10.6 Å². The molecule has 4 amide bonds. The molecule has 3 fully saturated rings. The van der Waals surface area contributed by atoms with Gasteiger partial charge in [0.2, 0.25) is 18.2 Å². The molecule has 2 atom stereocenters. The first-order valence-electron chi connectivity index (χ1n) is 29.7. The van der Waals surface area contributed by atoms with Crippen LogP contribution in [0.5, 0.6) is 0 Å². The molecule has 87 heavy (non-hydrogen) atoms. The van der Waals surface area contributed by atoms with Crippen molar-refractivity contribution in [2.75, 3.05) is 88.0 Å². The Labute approximate surface area is 511 Å². The van der Waals surface area contributed by atoms with E-state index < -0.39 is 71.2 Å². The topological polar surface area (TPSA) is 189 Å². The van der Waals surface area contributed by atoms with Crippen molar-refractivity contribution < 1.29 is 58.0 Å². The number of hydrogen-bond donors (Lipinski definition) is 3. The molecule has 0 aromatic heterocycles. The quantitative estimate of drug-likeness (QED) is 0.0246. The molecule has 4 heterocycles. The highest BCUT2D eigenvalue weighted by Gasteiger charge is 2.49. The van der Waals surface area contributed by atoms with Crippen LogP contribution in [0.25, 0.3) is 0 Å². The number of carbonyl (C=O) groups is 4. The molecule has 5 aliphatic rings. The fourth-order valence-electron chi connectivity index (χ4n) is 12.1. The van der Waals surface area contributed by atoms with E-state index in [1.54, 1.807) is 17.0 Å². The van der Waals surface area contributed by atoms with Gasteiger partial charge in [-0.05, 0) is 147 Å². The van der Waals surface area contributed by atoms with Crippen LogP contribution in [-0.2, 0) is 42.4 Å². The van der Waals surface area contributed by atoms with E-state index in [1.807, 2.05) is 53.3 Å². The van der Waals surface area contributed by atoms with Gasteiger partial charge in [-0.1, -0.05) is 61.9 Å². The Morgan fingerprint density at radius 3 is 2.18 bits per heavy atom. The molecule has 1 aliphatic carbocycles. The maximum atomic E-state index is 14.5. The molecule has 0 bridgehead atoms. The standard InChI is InChI=1S/C63H77F5N8O8S3/c1-43(12-22-57(64)65)53-39-62(2,3)26-24-46(53)40-74-33-35-75(36-34-74)49-16-14-45(15-17-49)59(78)71-87(83,84)51-18-20-54(56(38-51)86(81,82)63(66,67)68)69-48(42-85-50-10-5-4-6-11-50)25-28-73-31-29-72(30-32-73)27-8-7-9-44-13-19-52-47(37-44)41-76(61(52)80)55-21-23-58(77)70-60(55)79/h4-6,10-11,13-20,37-38,48,55,57,69H,1,7-9,12,21-36,39-42H2,2-3H3,(H,71,78)(H,70,77,79)/t48-,55?/m1/s1. The number of allylic oxidation sites excluding steroid dienone is 2. The molecule has 3 N–H and O–H groups in total. The number of nitrogens with zero attached hydrogens (tertiary/aromatic N) is 5. The minimum Gasteiger partial charge on any atom is -0.380 e. The number of alkyl halides is 5. The van der Waals surface area contributed by atoms with Crippen LogP contribution in [0.2, 0.25) is 0 Å². The minimum atomic E-state index is -6.14. The fourth-order valence-corrected chi connectivity index (χ4v) is 15.1. The second kappa shape index (κ2) is 28.1. The Morgan fingerprint density at radius 1 is 0.816 bits per heavy atom. The first kappa shape index (κ1) is 65.3. The number of hydrogen-bond acceptors (Lipinski definition) is 14. The molecule has 470 valence electrons. The van der Waals surface area contributed by atoms with Gasteiger partial charge < -0.3 is 24.9 Å². The summed E-state index contributed by atoms with van der Waals surface area (Å²) in [7, 11) is -11.1. The zero-order valence-electron chi connectivity index (χ0n) is 49.2. The van der Waals surface area contributed by atoms with E-state index in [0.29, 0.717) is 76.0 Å². The normalized spacial score (nSPS) is 19.5. The van der Waals surface area contributed by atoms with Gasteiger partial charge in [0.15, 0.2) is 0 Å². The van der Waals surface area contributed by atoms with E-state index in [4.69, 9.17) is 0 Å². The number of carbonyl (C=O) groups excluding carboxylic acids is 4. The number of unbranched alkanes of at least 4 members (excludes halogenated alkanes) is 1. The molecule has 0 spiro atoms. The minimum absolute atomic E-state index is 0.0539. The van der Waals surface area contributed by atoms with E-state index in [1.165, 1.54) is 29.5 Å². The Kier molecular flexibility index (Phi) is 21.1. The van der Waals surface area contributed by atoms with Gasteiger partial charge in [-0.25, -0.2) is 30.3 Å². The average Bonchev–Trinajstić information content (AvgIpc) is 1.81. The Morgan fingerprint density at radius 2 is 1.51 bits per heavy atom. The summed E-state index contributed by atoms with van der Waals surface area (Å²) in [4.78, 5) is 60.2. The van der Waals surface area contributed by atoms with Crippen molar-refractivity contribution in [1.82, 2.24) is 29.6 Å². The molecular formula is C63H77F5N8O8S3.